The Labute approximate surface area is 439 Å². The van der Waals surface area contributed by atoms with Gasteiger partial charge in [0.2, 0.25) is 0 Å². The van der Waals surface area contributed by atoms with E-state index in [1.807, 2.05) is 212 Å². The maximum atomic E-state index is 7.51. The molecular formula is C62H63NO10S. The molecule has 2 heterocycles. The highest BCUT2D eigenvalue weighted by Crippen LogP contribution is 2.37. The third-order valence-electron chi connectivity index (χ3n) is 12.9. The summed E-state index contributed by atoms with van der Waals surface area (Å²) in [5, 5.41) is 2.57. The summed E-state index contributed by atoms with van der Waals surface area (Å²) in [5.41, 5.74) is 6.84. The van der Waals surface area contributed by atoms with Crippen molar-refractivity contribution >= 4 is 17.4 Å². The van der Waals surface area contributed by atoms with Gasteiger partial charge in [0.1, 0.15) is 48.8 Å². The molecule has 0 N–H and O–H groups in total. The summed E-state index contributed by atoms with van der Waals surface area (Å²) in [6.07, 6.45) is -8.50. The SMILES string of the molecule is S=C=N[C@H]1O[C@H](COCc2ccccc2)[C@@H](O[C@H]2O[C@H](COCc3ccccc3)[C@@H](OCc3ccccc3)[C@H](OCc3ccccc3)[C@H]2OCc2ccccc2)[C@H](OCc2ccccc2)[C@H]1OCc1ccccc1. The molecule has 382 valence electrons. The van der Waals surface area contributed by atoms with E-state index in [-0.39, 0.29) is 46.2 Å². The fourth-order valence-corrected chi connectivity index (χ4v) is 9.23. The Balaban J connectivity index is 1.12. The van der Waals surface area contributed by atoms with Crippen molar-refractivity contribution in [1.29, 1.82) is 0 Å². The van der Waals surface area contributed by atoms with E-state index in [4.69, 9.17) is 59.6 Å². The molecule has 2 aliphatic rings. The zero-order valence-corrected chi connectivity index (χ0v) is 42.1. The van der Waals surface area contributed by atoms with E-state index in [9.17, 15) is 0 Å². The predicted molar refractivity (Wildman–Crippen MR) is 285 cm³/mol. The molecule has 9 rings (SSSR count). The van der Waals surface area contributed by atoms with Gasteiger partial charge >= 0.3 is 0 Å². The molecule has 0 unspecified atom stereocenters. The molecule has 0 aliphatic carbocycles. The lowest BCUT2D eigenvalue weighted by Crippen LogP contribution is -2.66. The van der Waals surface area contributed by atoms with Crippen LogP contribution in [0.25, 0.3) is 0 Å². The summed E-state index contributed by atoms with van der Waals surface area (Å²) in [7, 11) is 0. The standard InChI is InChI=1S/C62H63NO10S/c74-45-63-61-59(69-41-51-32-18-6-19-33-51)58(68-40-50-30-16-5-17-31-50)56(54(71-61)44-65-37-47-24-10-2-11-25-47)73-62-60(70-42-52-34-20-7-21-35-52)57(67-39-49-28-14-4-15-29-49)55(66-38-48-26-12-3-13-27-48)53(72-62)43-64-36-46-22-8-1-9-23-46/h1-35,53-62H,36-44H2/t53-,54-,55-,56-,57+,58+,59-,60-,61+,62-/m1/s1. The van der Waals surface area contributed by atoms with E-state index in [1.165, 1.54) is 0 Å². The molecule has 0 amide bonds. The lowest BCUT2D eigenvalue weighted by molar-refractivity contribution is -0.363. The van der Waals surface area contributed by atoms with Gasteiger partial charge in [0, 0.05) is 0 Å². The average Bonchev–Trinajstić information content (AvgIpc) is 3.45. The van der Waals surface area contributed by atoms with Crippen LogP contribution >= 0.6 is 12.2 Å². The fourth-order valence-electron chi connectivity index (χ4n) is 9.13. The molecule has 12 heteroatoms. The van der Waals surface area contributed by atoms with Crippen molar-refractivity contribution in [2.75, 3.05) is 13.2 Å². The number of thiocarbonyl (C=S) groups is 1. The smallest absolute Gasteiger partial charge is 0.187 e. The topological polar surface area (TPSA) is 105 Å². The van der Waals surface area contributed by atoms with Gasteiger partial charge in [0.25, 0.3) is 0 Å². The van der Waals surface area contributed by atoms with E-state index in [0.29, 0.717) is 13.2 Å². The van der Waals surface area contributed by atoms with Crippen molar-refractivity contribution in [3.05, 3.63) is 251 Å². The predicted octanol–water partition coefficient (Wildman–Crippen LogP) is 11.3. The maximum absolute atomic E-state index is 7.51. The van der Waals surface area contributed by atoms with E-state index >= 15 is 0 Å². The van der Waals surface area contributed by atoms with Gasteiger partial charge in [-0.25, -0.2) is 0 Å². The molecule has 2 fully saturated rings. The fraction of sp³-hybridized carbons (Fsp3) is 0.306. The second-order valence-corrected chi connectivity index (χ2v) is 18.4. The van der Waals surface area contributed by atoms with Crippen molar-refractivity contribution in [3.63, 3.8) is 0 Å². The summed E-state index contributed by atoms with van der Waals surface area (Å²) in [6, 6.07) is 70.1. The van der Waals surface area contributed by atoms with Crippen molar-refractivity contribution in [3.8, 4) is 0 Å². The first-order valence-electron chi connectivity index (χ1n) is 25.2. The second-order valence-electron chi connectivity index (χ2n) is 18.2. The molecule has 10 atom stereocenters. The van der Waals surface area contributed by atoms with E-state index in [1.54, 1.807) is 0 Å². The molecule has 2 saturated heterocycles. The number of isothiocyanates is 1. The number of hydrogen-bond acceptors (Lipinski definition) is 12. The average molecular weight is 1010 g/mol. The van der Waals surface area contributed by atoms with E-state index in [2.05, 4.69) is 10.2 Å². The van der Waals surface area contributed by atoms with Gasteiger partial charge < -0.3 is 47.4 Å². The van der Waals surface area contributed by atoms with Crippen LogP contribution in [0.2, 0.25) is 0 Å². The zero-order chi connectivity index (χ0) is 50.4. The first-order valence-corrected chi connectivity index (χ1v) is 25.6. The van der Waals surface area contributed by atoms with Crippen LogP contribution in [-0.2, 0) is 93.6 Å². The number of hydrogen-bond donors (Lipinski definition) is 0. The highest BCUT2D eigenvalue weighted by molar-refractivity contribution is 7.78. The van der Waals surface area contributed by atoms with Crippen LogP contribution in [0, 0.1) is 0 Å². The molecule has 2 aliphatic heterocycles. The Morgan fingerprint density at radius 2 is 0.635 bits per heavy atom. The largest absolute Gasteiger partial charge is 0.374 e. The molecular weight excluding hydrogens is 951 g/mol. The van der Waals surface area contributed by atoms with E-state index in [0.717, 1.165) is 38.9 Å². The quantitative estimate of drug-likeness (QED) is 0.0382. The monoisotopic (exact) mass is 1010 g/mol. The van der Waals surface area contributed by atoms with Crippen LogP contribution in [0.1, 0.15) is 38.9 Å². The Morgan fingerprint density at radius 3 is 1.00 bits per heavy atom. The number of ether oxygens (including phenoxy) is 10. The normalized spacial score (nSPS) is 23.7. The van der Waals surface area contributed by atoms with Crippen molar-refractivity contribution in [2.24, 2.45) is 4.99 Å². The van der Waals surface area contributed by atoms with Gasteiger partial charge in [-0.3, -0.25) is 0 Å². The number of benzene rings is 7. The second kappa shape index (κ2) is 28.6. The first-order chi connectivity index (χ1) is 36.7. The summed E-state index contributed by atoms with van der Waals surface area (Å²) in [6.45, 7) is 2.08. The van der Waals surface area contributed by atoms with Crippen LogP contribution in [0.15, 0.2) is 217 Å². The molecule has 7 aromatic rings. The van der Waals surface area contributed by atoms with Gasteiger partial charge in [0.15, 0.2) is 12.5 Å². The van der Waals surface area contributed by atoms with Gasteiger partial charge in [-0.05, 0) is 51.2 Å². The molecule has 0 aromatic heterocycles. The van der Waals surface area contributed by atoms with Crippen LogP contribution in [-0.4, -0.2) is 79.7 Å². The molecule has 0 spiro atoms. The number of aliphatic imine (C=N–C) groups is 1. The Morgan fingerprint density at radius 1 is 0.338 bits per heavy atom. The maximum Gasteiger partial charge on any atom is 0.187 e. The molecule has 11 nitrogen and oxygen atoms in total. The summed E-state index contributed by atoms with van der Waals surface area (Å²) in [4.78, 5) is 4.57. The van der Waals surface area contributed by atoms with Crippen LogP contribution < -0.4 is 0 Å². The summed E-state index contributed by atoms with van der Waals surface area (Å²) >= 11 is 5.26. The third-order valence-corrected chi connectivity index (χ3v) is 13.0. The van der Waals surface area contributed by atoms with Crippen LogP contribution in [0.3, 0.4) is 0 Å². The van der Waals surface area contributed by atoms with Crippen LogP contribution in [0.5, 0.6) is 0 Å². The molecule has 0 saturated carbocycles. The minimum absolute atomic E-state index is 0.0855. The van der Waals surface area contributed by atoms with Gasteiger partial charge in [-0.1, -0.05) is 212 Å². The number of rotatable bonds is 26. The van der Waals surface area contributed by atoms with Crippen molar-refractivity contribution in [2.45, 2.75) is 108 Å². The van der Waals surface area contributed by atoms with Gasteiger partial charge in [0.05, 0.1) is 64.6 Å². The third kappa shape index (κ3) is 15.5. The summed E-state index contributed by atoms with van der Waals surface area (Å²) in [5.74, 6) is 0. The van der Waals surface area contributed by atoms with E-state index < -0.39 is 61.3 Å². The Bertz CT molecular complexity index is 2690. The highest BCUT2D eigenvalue weighted by Gasteiger charge is 2.54. The lowest BCUT2D eigenvalue weighted by atomic mass is 9.95. The molecule has 0 radical (unpaired) electrons. The van der Waals surface area contributed by atoms with Crippen LogP contribution in [0.4, 0.5) is 0 Å². The lowest BCUT2D eigenvalue weighted by Gasteiger charge is -2.49. The minimum atomic E-state index is -1.12. The highest BCUT2D eigenvalue weighted by atomic mass is 32.1. The molecule has 0 bridgehead atoms. The Kier molecular flexibility index (Phi) is 20.4. The first kappa shape index (κ1) is 52.8. The van der Waals surface area contributed by atoms with Crippen molar-refractivity contribution in [1.82, 2.24) is 0 Å². The van der Waals surface area contributed by atoms with Gasteiger partial charge in [-0.15, -0.1) is 0 Å². The Hall–Kier alpha value is -6.06. The van der Waals surface area contributed by atoms with Gasteiger partial charge in [-0.2, -0.15) is 4.99 Å². The number of nitrogens with zero attached hydrogens (tertiary/aromatic N) is 1. The zero-order valence-electron chi connectivity index (χ0n) is 41.3. The van der Waals surface area contributed by atoms with Crippen molar-refractivity contribution < 1.29 is 47.4 Å². The molecule has 74 heavy (non-hydrogen) atoms. The minimum Gasteiger partial charge on any atom is -0.374 e. The summed E-state index contributed by atoms with van der Waals surface area (Å²) < 4.78 is 69.8. The molecule has 7 aromatic carbocycles.